The monoisotopic (exact) mass is 238 g/mol. The van der Waals surface area contributed by atoms with Crippen molar-refractivity contribution in [1.82, 2.24) is 5.32 Å². The Morgan fingerprint density at radius 3 is 2.81 bits per heavy atom. The molecule has 16 heavy (non-hydrogen) atoms. The van der Waals surface area contributed by atoms with Crippen molar-refractivity contribution >= 4 is 17.4 Å². The fourth-order valence-corrected chi connectivity index (χ4v) is 3.11. The van der Waals surface area contributed by atoms with Crippen LogP contribution in [0.1, 0.15) is 12.8 Å². The van der Waals surface area contributed by atoms with Crippen LogP contribution in [-0.4, -0.2) is 25.4 Å². The standard InChI is InChI=1S/C12H18N2OS/c1-15-11-8-9(13)2-3-12(11)16-10-4-6-14-7-5-10/h2-3,8,10,14H,4-7,13H2,1H3. The molecule has 0 radical (unpaired) electrons. The Morgan fingerprint density at radius 1 is 1.38 bits per heavy atom. The maximum absolute atomic E-state index is 5.74. The molecule has 1 aromatic rings. The number of thioether (sulfide) groups is 1. The van der Waals surface area contributed by atoms with Crippen LogP contribution in [0.3, 0.4) is 0 Å². The van der Waals surface area contributed by atoms with E-state index in [4.69, 9.17) is 10.5 Å². The highest BCUT2D eigenvalue weighted by atomic mass is 32.2. The van der Waals surface area contributed by atoms with Crippen molar-refractivity contribution in [3.05, 3.63) is 18.2 Å². The third-order valence-corrected chi connectivity index (χ3v) is 4.16. The Bertz CT molecular complexity index is 351. The van der Waals surface area contributed by atoms with E-state index in [1.165, 1.54) is 17.7 Å². The quantitative estimate of drug-likeness (QED) is 0.792. The van der Waals surface area contributed by atoms with Crippen LogP contribution < -0.4 is 15.8 Å². The molecule has 0 aromatic heterocycles. The fourth-order valence-electron chi connectivity index (χ4n) is 1.87. The lowest BCUT2D eigenvalue weighted by Gasteiger charge is -2.22. The third-order valence-electron chi connectivity index (χ3n) is 2.77. The summed E-state index contributed by atoms with van der Waals surface area (Å²) >= 11 is 1.90. The van der Waals surface area contributed by atoms with Gasteiger partial charge in [0.25, 0.3) is 0 Å². The molecule has 1 fully saturated rings. The van der Waals surface area contributed by atoms with Gasteiger partial charge in [0.1, 0.15) is 5.75 Å². The zero-order valence-corrected chi connectivity index (χ0v) is 10.3. The smallest absolute Gasteiger partial charge is 0.134 e. The zero-order valence-electron chi connectivity index (χ0n) is 9.53. The van der Waals surface area contributed by atoms with Crippen LogP contribution >= 0.6 is 11.8 Å². The number of rotatable bonds is 3. The summed E-state index contributed by atoms with van der Waals surface area (Å²) in [7, 11) is 1.70. The van der Waals surface area contributed by atoms with Gasteiger partial charge in [0.2, 0.25) is 0 Å². The molecule has 0 spiro atoms. The Hall–Kier alpha value is -0.870. The Morgan fingerprint density at radius 2 is 2.12 bits per heavy atom. The van der Waals surface area contributed by atoms with Crippen LogP contribution in [0.5, 0.6) is 5.75 Å². The van der Waals surface area contributed by atoms with E-state index in [0.717, 1.165) is 24.5 Å². The predicted molar refractivity (Wildman–Crippen MR) is 69.2 cm³/mol. The normalized spacial score (nSPS) is 17.3. The first kappa shape index (κ1) is 11.6. The van der Waals surface area contributed by atoms with E-state index in [9.17, 15) is 0 Å². The minimum atomic E-state index is 0.693. The first-order valence-electron chi connectivity index (χ1n) is 5.60. The van der Waals surface area contributed by atoms with Crippen LogP contribution in [0.2, 0.25) is 0 Å². The van der Waals surface area contributed by atoms with Crippen molar-refractivity contribution in [2.24, 2.45) is 0 Å². The molecule has 0 unspecified atom stereocenters. The highest BCUT2D eigenvalue weighted by molar-refractivity contribution is 8.00. The minimum absolute atomic E-state index is 0.693. The van der Waals surface area contributed by atoms with Gasteiger partial charge in [-0.05, 0) is 38.1 Å². The number of nitrogen functional groups attached to an aromatic ring is 1. The van der Waals surface area contributed by atoms with Crippen LogP contribution in [0.15, 0.2) is 23.1 Å². The van der Waals surface area contributed by atoms with Crippen molar-refractivity contribution in [2.75, 3.05) is 25.9 Å². The molecule has 3 N–H and O–H groups in total. The molecule has 4 heteroatoms. The van der Waals surface area contributed by atoms with Crippen LogP contribution in [0.25, 0.3) is 0 Å². The van der Waals surface area contributed by atoms with Crippen LogP contribution in [0.4, 0.5) is 5.69 Å². The molecule has 1 aromatic carbocycles. The van der Waals surface area contributed by atoms with Gasteiger partial charge >= 0.3 is 0 Å². The molecule has 2 rings (SSSR count). The molecule has 0 atom stereocenters. The van der Waals surface area contributed by atoms with Gasteiger partial charge in [-0.3, -0.25) is 0 Å². The molecule has 0 aliphatic carbocycles. The molecule has 88 valence electrons. The van der Waals surface area contributed by atoms with Gasteiger partial charge in [0.15, 0.2) is 0 Å². The molecule has 1 aliphatic rings. The summed E-state index contributed by atoms with van der Waals surface area (Å²) in [4.78, 5) is 1.20. The van der Waals surface area contributed by atoms with E-state index in [2.05, 4.69) is 11.4 Å². The number of anilines is 1. The molecular weight excluding hydrogens is 220 g/mol. The molecule has 3 nitrogen and oxygen atoms in total. The van der Waals surface area contributed by atoms with Gasteiger partial charge in [-0.25, -0.2) is 0 Å². The lowest BCUT2D eigenvalue weighted by Crippen LogP contribution is -2.29. The van der Waals surface area contributed by atoms with E-state index in [1.54, 1.807) is 7.11 Å². The summed E-state index contributed by atoms with van der Waals surface area (Å²) in [5.41, 5.74) is 6.49. The van der Waals surface area contributed by atoms with Crippen LogP contribution in [0, 0.1) is 0 Å². The van der Waals surface area contributed by atoms with Crippen molar-refractivity contribution < 1.29 is 4.74 Å². The number of methoxy groups -OCH3 is 1. The summed E-state index contributed by atoms with van der Waals surface area (Å²) in [6, 6.07) is 5.89. The number of piperidine rings is 1. The van der Waals surface area contributed by atoms with Crippen molar-refractivity contribution in [3.63, 3.8) is 0 Å². The van der Waals surface area contributed by atoms with Gasteiger partial charge in [-0.15, -0.1) is 11.8 Å². The highest BCUT2D eigenvalue weighted by Crippen LogP contribution is 2.36. The Balaban J connectivity index is 2.07. The summed E-state index contributed by atoms with van der Waals surface area (Å²) in [6.07, 6.45) is 2.44. The van der Waals surface area contributed by atoms with Crippen molar-refractivity contribution in [1.29, 1.82) is 0 Å². The fraction of sp³-hybridized carbons (Fsp3) is 0.500. The topological polar surface area (TPSA) is 47.3 Å². The maximum atomic E-state index is 5.74. The molecule has 0 saturated carbocycles. The van der Waals surface area contributed by atoms with Gasteiger partial charge < -0.3 is 15.8 Å². The SMILES string of the molecule is COc1cc(N)ccc1SC1CCNCC1. The van der Waals surface area contributed by atoms with Gasteiger partial charge in [-0.1, -0.05) is 0 Å². The lowest BCUT2D eigenvalue weighted by atomic mass is 10.2. The molecule has 0 amide bonds. The van der Waals surface area contributed by atoms with E-state index >= 15 is 0 Å². The van der Waals surface area contributed by atoms with E-state index in [0.29, 0.717) is 5.25 Å². The lowest BCUT2D eigenvalue weighted by molar-refractivity contribution is 0.405. The second-order valence-corrected chi connectivity index (χ2v) is 5.32. The summed E-state index contributed by atoms with van der Waals surface area (Å²) in [5.74, 6) is 0.892. The summed E-state index contributed by atoms with van der Waals surface area (Å²) < 4.78 is 5.35. The van der Waals surface area contributed by atoms with E-state index in [1.807, 2.05) is 23.9 Å². The second kappa shape index (κ2) is 5.46. The third kappa shape index (κ3) is 2.83. The van der Waals surface area contributed by atoms with E-state index in [-0.39, 0.29) is 0 Å². The molecule has 0 bridgehead atoms. The maximum Gasteiger partial charge on any atom is 0.134 e. The first-order chi connectivity index (χ1) is 7.79. The number of hydrogen-bond donors (Lipinski definition) is 2. The minimum Gasteiger partial charge on any atom is -0.496 e. The molecule has 1 heterocycles. The first-order valence-corrected chi connectivity index (χ1v) is 6.48. The number of nitrogens with one attached hydrogen (secondary N) is 1. The summed E-state index contributed by atoms with van der Waals surface area (Å²) in [6.45, 7) is 2.24. The number of hydrogen-bond acceptors (Lipinski definition) is 4. The largest absolute Gasteiger partial charge is 0.496 e. The average molecular weight is 238 g/mol. The molecule has 1 saturated heterocycles. The van der Waals surface area contributed by atoms with E-state index < -0.39 is 0 Å². The van der Waals surface area contributed by atoms with Crippen LogP contribution in [-0.2, 0) is 0 Å². The van der Waals surface area contributed by atoms with Crippen molar-refractivity contribution in [2.45, 2.75) is 23.0 Å². The molecule has 1 aliphatic heterocycles. The van der Waals surface area contributed by atoms with Gasteiger partial charge in [0.05, 0.1) is 7.11 Å². The predicted octanol–water partition coefficient (Wildman–Crippen LogP) is 2.12. The Labute approximate surface area is 101 Å². The summed E-state index contributed by atoms with van der Waals surface area (Å²) in [5, 5.41) is 4.07. The second-order valence-electron chi connectivity index (χ2n) is 3.98. The van der Waals surface area contributed by atoms with Crippen molar-refractivity contribution in [3.8, 4) is 5.75 Å². The number of nitrogens with two attached hydrogens (primary N) is 1. The zero-order chi connectivity index (χ0) is 11.4. The van der Waals surface area contributed by atoms with Gasteiger partial charge in [0, 0.05) is 21.9 Å². The average Bonchev–Trinajstić information content (AvgIpc) is 2.33. The molecular formula is C12H18N2OS. The number of benzene rings is 1. The highest BCUT2D eigenvalue weighted by Gasteiger charge is 2.16. The number of ether oxygens (including phenoxy) is 1. The van der Waals surface area contributed by atoms with Gasteiger partial charge in [-0.2, -0.15) is 0 Å². The Kier molecular flexibility index (Phi) is 3.96.